The topological polar surface area (TPSA) is 73.5 Å². The highest BCUT2D eigenvalue weighted by Gasteiger charge is 2.26. The number of likely N-dealkylation sites (tertiary alicyclic amines) is 1. The molecule has 1 atom stereocenters. The molecule has 1 saturated heterocycles. The highest BCUT2D eigenvalue weighted by Crippen LogP contribution is 2.09. The molecule has 0 aromatic carbocycles. The van der Waals surface area contributed by atoms with E-state index in [1.807, 2.05) is 14.0 Å². The summed E-state index contributed by atoms with van der Waals surface area (Å²) in [5.74, 6) is 0.0769. The Kier molecular flexibility index (Phi) is 6.49. The van der Waals surface area contributed by atoms with Crippen LogP contribution >= 0.6 is 0 Å². The van der Waals surface area contributed by atoms with Crippen LogP contribution in [0, 0.1) is 0 Å². The third kappa shape index (κ3) is 4.91. The van der Waals surface area contributed by atoms with Crippen LogP contribution in [0.5, 0.6) is 0 Å². The van der Waals surface area contributed by atoms with Gasteiger partial charge in [-0.05, 0) is 33.4 Å². The summed E-state index contributed by atoms with van der Waals surface area (Å²) >= 11 is 0. The number of hydrogen-bond donors (Lipinski definition) is 3. The number of rotatable bonds is 6. The summed E-state index contributed by atoms with van der Waals surface area (Å²) in [6.07, 6.45) is 2.22. The van der Waals surface area contributed by atoms with Gasteiger partial charge in [0.05, 0.1) is 0 Å². The van der Waals surface area contributed by atoms with Crippen molar-refractivity contribution in [1.29, 1.82) is 0 Å². The fraction of sp³-hybridized carbons (Fsp3) is 0.833. The second-order valence-electron chi connectivity index (χ2n) is 4.54. The minimum atomic E-state index is -0.0376. The second kappa shape index (κ2) is 7.92. The lowest BCUT2D eigenvalue weighted by Gasteiger charge is -2.17. The molecule has 0 bridgehead atoms. The lowest BCUT2D eigenvalue weighted by Crippen LogP contribution is -2.42. The SMILES string of the molecule is CCNC(=O)N1CCC(NC(=O)CCCNC)C1. The van der Waals surface area contributed by atoms with Gasteiger partial charge in [0.1, 0.15) is 0 Å². The van der Waals surface area contributed by atoms with E-state index in [2.05, 4.69) is 16.0 Å². The quantitative estimate of drug-likeness (QED) is 0.581. The van der Waals surface area contributed by atoms with Gasteiger partial charge in [0, 0.05) is 32.1 Å². The van der Waals surface area contributed by atoms with Crippen LogP contribution in [0.2, 0.25) is 0 Å². The summed E-state index contributed by atoms with van der Waals surface area (Å²) in [4.78, 5) is 25.0. The van der Waals surface area contributed by atoms with Crippen LogP contribution in [0.3, 0.4) is 0 Å². The largest absolute Gasteiger partial charge is 0.352 e. The van der Waals surface area contributed by atoms with Gasteiger partial charge < -0.3 is 20.9 Å². The van der Waals surface area contributed by atoms with E-state index < -0.39 is 0 Å². The number of urea groups is 1. The van der Waals surface area contributed by atoms with Crippen molar-refractivity contribution in [2.75, 3.05) is 33.2 Å². The number of carbonyl (C=O) groups excluding carboxylic acids is 2. The second-order valence-corrected chi connectivity index (χ2v) is 4.54. The Bertz CT molecular complexity index is 283. The van der Waals surface area contributed by atoms with Crippen molar-refractivity contribution in [2.45, 2.75) is 32.2 Å². The van der Waals surface area contributed by atoms with Crippen LogP contribution in [0.25, 0.3) is 0 Å². The Morgan fingerprint density at radius 3 is 2.83 bits per heavy atom. The average Bonchev–Trinajstić information content (AvgIpc) is 2.78. The number of nitrogens with zero attached hydrogens (tertiary/aromatic N) is 1. The zero-order chi connectivity index (χ0) is 13.4. The fourth-order valence-electron chi connectivity index (χ4n) is 2.05. The molecule has 3 amide bonds. The highest BCUT2D eigenvalue weighted by atomic mass is 16.2. The molecule has 0 aromatic heterocycles. The van der Waals surface area contributed by atoms with E-state index in [0.717, 1.165) is 19.4 Å². The lowest BCUT2D eigenvalue weighted by atomic mass is 10.2. The summed E-state index contributed by atoms with van der Waals surface area (Å²) in [5, 5.41) is 8.76. The zero-order valence-electron chi connectivity index (χ0n) is 11.3. The van der Waals surface area contributed by atoms with Gasteiger partial charge in [0.15, 0.2) is 0 Å². The molecule has 0 aromatic rings. The molecule has 1 aliphatic heterocycles. The average molecular weight is 256 g/mol. The Hall–Kier alpha value is -1.30. The molecule has 1 rings (SSSR count). The third-order valence-corrected chi connectivity index (χ3v) is 3.00. The summed E-state index contributed by atoms with van der Waals surface area (Å²) in [7, 11) is 1.87. The first kappa shape index (κ1) is 14.8. The minimum Gasteiger partial charge on any atom is -0.352 e. The zero-order valence-corrected chi connectivity index (χ0v) is 11.3. The Balaban J connectivity index is 2.21. The smallest absolute Gasteiger partial charge is 0.317 e. The van der Waals surface area contributed by atoms with Crippen LogP contribution < -0.4 is 16.0 Å². The first-order valence-electron chi connectivity index (χ1n) is 6.64. The van der Waals surface area contributed by atoms with Crippen LogP contribution in [-0.2, 0) is 4.79 Å². The normalized spacial score (nSPS) is 18.8. The van der Waals surface area contributed by atoms with E-state index in [1.165, 1.54) is 0 Å². The van der Waals surface area contributed by atoms with Crippen LogP contribution in [0.4, 0.5) is 4.79 Å². The van der Waals surface area contributed by atoms with Crippen molar-refractivity contribution in [3.8, 4) is 0 Å². The lowest BCUT2D eigenvalue weighted by molar-refractivity contribution is -0.121. The van der Waals surface area contributed by atoms with E-state index in [0.29, 0.717) is 26.1 Å². The van der Waals surface area contributed by atoms with Gasteiger partial charge >= 0.3 is 6.03 Å². The highest BCUT2D eigenvalue weighted by molar-refractivity contribution is 5.77. The Labute approximate surface area is 108 Å². The molecule has 104 valence electrons. The van der Waals surface area contributed by atoms with Gasteiger partial charge in [-0.1, -0.05) is 0 Å². The molecule has 0 radical (unpaired) electrons. The first-order valence-corrected chi connectivity index (χ1v) is 6.64. The molecule has 6 nitrogen and oxygen atoms in total. The van der Waals surface area contributed by atoms with Gasteiger partial charge in [0.2, 0.25) is 5.91 Å². The van der Waals surface area contributed by atoms with Crippen molar-refractivity contribution < 1.29 is 9.59 Å². The van der Waals surface area contributed by atoms with Crippen molar-refractivity contribution >= 4 is 11.9 Å². The van der Waals surface area contributed by atoms with E-state index >= 15 is 0 Å². The molecular formula is C12H24N4O2. The van der Waals surface area contributed by atoms with Gasteiger partial charge in [-0.25, -0.2) is 4.79 Å². The predicted octanol–water partition coefficient (Wildman–Crippen LogP) is -0.0940. The van der Waals surface area contributed by atoms with Crippen LogP contribution in [-0.4, -0.2) is 56.1 Å². The van der Waals surface area contributed by atoms with Crippen molar-refractivity contribution in [3.05, 3.63) is 0 Å². The number of nitrogens with one attached hydrogen (secondary N) is 3. The molecule has 6 heteroatoms. The molecule has 0 spiro atoms. The van der Waals surface area contributed by atoms with Gasteiger partial charge in [0.25, 0.3) is 0 Å². The molecule has 1 fully saturated rings. The van der Waals surface area contributed by atoms with Crippen LogP contribution in [0.1, 0.15) is 26.2 Å². The maximum atomic E-state index is 11.6. The fourth-order valence-corrected chi connectivity index (χ4v) is 2.05. The molecule has 0 aliphatic carbocycles. The van der Waals surface area contributed by atoms with E-state index in [1.54, 1.807) is 4.90 Å². The molecule has 1 heterocycles. The maximum absolute atomic E-state index is 11.6. The monoisotopic (exact) mass is 256 g/mol. The van der Waals surface area contributed by atoms with Crippen LogP contribution in [0.15, 0.2) is 0 Å². The molecule has 0 saturated carbocycles. The minimum absolute atomic E-state index is 0.0376. The molecule has 1 unspecified atom stereocenters. The van der Waals surface area contributed by atoms with Gasteiger partial charge in [-0.3, -0.25) is 4.79 Å². The first-order chi connectivity index (χ1) is 8.67. The summed E-state index contributed by atoms with van der Waals surface area (Å²) in [6.45, 7) is 4.71. The predicted molar refractivity (Wildman–Crippen MR) is 70.4 cm³/mol. The summed E-state index contributed by atoms with van der Waals surface area (Å²) < 4.78 is 0. The van der Waals surface area contributed by atoms with Crippen molar-refractivity contribution in [3.63, 3.8) is 0 Å². The molecule has 3 N–H and O–H groups in total. The third-order valence-electron chi connectivity index (χ3n) is 3.00. The standard InChI is InChI=1S/C12H24N4O2/c1-3-14-12(18)16-8-6-10(9-16)15-11(17)5-4-7-13-2/h10,13H,3-9H2,1-2H3,(H,14,18)(H,15,17). The number of amides is 3. The Morgan fingerprint density at radius 2 is 2.17 bits per heavy atom. The number of carbonyl (C=O) groups is 2. The number of hydrogen-bond acceptors (Lipinski definition) is 3. The Morgan fingerprint density at radius 1 is 1.39 bits per heavy atom. The van der Waals surface area contributed by atoms with Crippen molar-refractivity contribution in [1.82, 2.24) is 20.9 Å². The molecular weight excluding hydrogens is 232 g/mol. The van der Waals surface area contributed by atoms with E-state index in [-0.39, 0.29) is 18.0 Å². The molecule has 1 aliphatic rings. The molecule has 18 heavy (non-hydrogen) atoms. The van der Waals surface area contributed by atoms with Crippen molar-refractivity contribution in [2.24, 2.45) is 0 Å². The van der Waals surface area contributed by atoms with E-state index in [9.17, 15) is 9.59 Å². The van der Waals surface area contributed by atoms with Gasteiger partial charge in [-0.15, -0.1) is 0 Å². The maximum Gasteiger partial charge on any atom is 0.317 e. The summed E-state index contributed by atoms with van der Waals surface area (Å²) in [6, 6.07) is 0.0686. The summed E-state index contributed by atoms with van der Waals surface area (Å²) in [5.41, 5.74) is 0. The van der Waals surface area contributed by atoms with Gasteiger partial charge in [-0.2, -0.15) is 0 Å². The van der Waals surface area contributed by atoms with E-state index in [4.69, 9.17) is 0 Å².